The molecular formula is C23H24F2N2O4S. The molecule has 6 nitrogen and oxygen atoms in total. The molecule has 1 aliphatic heterocycles. The van der Waals surface area contributed by atoms with Crippen LogP contribution in [0.2, 0.25) is 0 Å². The topological polar surface area (TPSA) is 79.6 Å². The van der Waals surface area contributed by atoms with Crippen molar-refractivity contribution < 1.29 is 26.4 Å². The number of rotatable bonds is 4. The van der Waals surface area contributed by atoms with Gasteiger partial charge in [0.2, 0.25) is 10.0 Å². The maximum absolute atomic E-state index is 13.4. The number of benzene rings is 2. The Hall–Kier alpha value is -2.78. The van der Waals surface area contributed by atoms with Crippen molar-refractivity contribution in [3.63, 3.8) is 0 Å². The lowest BCUT2D eigenvalue weighted by molar-refractivity contribution is 0.0998. The molecule has 2 atom stereocenters. The van der Waals surface area contributed by atoms with Crippen molar-refractivity contribution in [2.75, 3.05) is 18.4 Å². The number of sulfonamides is 1. The molecular weight excluding hydrogens is 438 g/mol. The number of hydrogen-bond acceptors (Lipinski definition) is 4. The van der Waals surface area contributed by atoms with E-state index < -0.39 is 27.6 Å². The fourth-order valence-corrected chi connectivity index (χ4v) is 6.00. The number of fused-ring (bicyclic) bond motifs is 1. The summed E-state index contributed by atoms with van der Waals surface area (Å²) in [7, 11) is -3.69. The quantitative estimate of drug-likeness (QED) is 0.596. The number of nitrogens with one attached hydrogen (secondary N) is 1. The number of aryl methyl sites for hydroxylation is 1. The molecule has 0 saturated carbocycles. The zero-order chi connectivity index (χ0) is 23.2. The van der Waals surface area contributed by atoms with Gasteiger partial charge < -0.3 is 9.73 Å². The van der Waals surface area contributed by atoms with E-state index in [-0.39, 0.29) is 28.2 Å². The Morgan fingerprint density at radius 1 is 1.06 bits per heavy atom. The van der Waals surface area contributed by atoms with Gasteiger partial charge in [-0.15, -0.1) is 0 Å². The molecule has 170 valence electrons. The van der Waals surface area contributed by atoms with Gasteiger partial charge in [0.15, 0.2) is 17.4 Å². The van der Waals surface area contributed by atoms with Gasteiger partial charge in [-0.05, 0) is 55.5 Å². The van der Waals surface area contributed by atoms with Gasteiger partial charge in [-0.1, -0.05) is 13.8 Å². The van der Waals surface area contributed by atoms with Crippen LogP contribution in [0.25, 0.3) is 11.0 Å². The van der Waals surface area contributed by atoms with E-state index in [1.54, 1.807) is 6.92 Å². The van der Waals surface area contributed by atoms with Gasteiger partial charge in [0, 0.05) is 35.8 Å². The van der Waals surface area contributed by atoms with E-state index in [0.29, 0.717) is 29.6 Å². The smallest absolute Gasteiger partial charge is 0.291 e. The van der Waals surface area contributed by atoms with E-state index >= 15 is 0 Å². The van der Waals surface area contributed by atoms with Gasteiger partial charge >= 0.3 is 0 Å². The summed E-state index contributed by atoms with van der Waals surface area (Å²) < 4.78 is 60.1. The molecule has 1 aliphatic rings. The Morgan fingerprint density at radius 3 is 2.41 bits per heavy atom. The number of carbonyl (C=O) groups is 1. The van der Waals surface area contributed by atoms with Crippen LogP contribution in [-0.4, -0.2) is 31.7 Å². The SMILES string of the molecule is Cc1c(C(=O)Nc2ccc(F)c(F)c2)oc2ccc(S(=O)(=O)N3CC(C)CC(C)C3)cc12. The number of carbonyl (C=O) groups excluding carboxylic acids is 1. The third kappa shape index (κ3) is 4.14. The van der Waals surface area contributed by atoms with Crippen LogP contribution in [0.3, 0.4) is 0 Å². The standard InChI is InChI=1S/C23H24F2N2O4S/c1-13-8-14(2)12-27(11-13)32(29,30)17-5-7-21-18(10-17)15(3)22(31-21)23(28)26-16-4-6-19(24)20(25)9-16/h4-7,9-10,13-14H,8,11-12H2,1-3H3,(H,26,28). The van der Waals surface area contributed by atoms with Gasteiger partial charge in [-0.2, -0.15) is 4.31 Å². The summed E-state index contributed by atoms with van der Waals surface area (Å²) in [6, 6.07) is 7.54. The summed E-state index contributed by atoms with van der Waals surface area (Å²) in [6.45, 7) is 6.67. The Labute approximate surface area is 185 Å². The Bertz CT molecular complexity index is 1290. The minimum Gasteiger partial charge on any atom is -0.451 e. The van der Waals surface area contributed by atoms with Gasteiger partial charge in [0.05, 0.1) is 4.90 Å². The number of hydrogen-bond donors (Lipinski definition) is 1. The number of halogens is 2. The van der Waals surface area contributed by atoms with E-state index in [1.165, 1.54) is 28.6 Å². The summed E-state index contributed by atoms with van der Waals surface area (Å²) in [5, 5.41) is 2.97. The van der Waals surface area contributed by atoms with Crippen molar-refractivity contribution in [1.82, 2.24) is 4.31 Å². The first-order valence-corrected chi connectivity index (χ1v) is 11.8. The normalized spacial score (nSPS) is 19.9. The molecule has 0 aliphatic carbocycles. The lowest BCUT2D eigenvalue weighted by atomic mass is 9.94. The maximum atomic E-state index is 13.4. The average Bonchev–Trinajstić information content (AvgIpc) is 3.06. The van der Waals surface area contributed by atoms with Crippen LogP contribution < -0.4 is 5.32 Å². The van der Waals surface area contributed by atoms with Gasteiger partial charge in [0.1, 0.15) is 5.58 Å². The molecule has 0 spiro atoms. The summed E-state index contributed by atoms with van der Waals surface area (Å²) in [5.41, 5.74) is 0.889. The predicted molar refractivity (Wildman–Crippen MR) is 117 cm³/mol. The molecule has 2 unspecified atom stereocenters. The van der Waals surface area contributed by atoms with Crippen molar-refractivity contribution in [2.45, 2.75) is 32.1 Å². The van der Waals surface area contributed by atoms with Crippen LogP contribution in [0, 0.1) is 30.4 Å². The molecule has 1 fully saturated rings. The van der Waals surface area contributed by atoms with Crippen LogP contribution in [0.4, 0.5) is 14.5 Å². The van der Waals surface area contributed by atoms with Crippen LogP contribution in [0.1, 0.15) is 36.4 Å². The first-order valence-electron chi connectivity index (χ1n) is 10.4. The highest BCUT2D eigenvalue weighted by Crippen LogP contribution is 2.31. The van der Waals surface area contributed by atoms with E-state index in [0.717, 1.165) is 18.6 Å². The second-order valence-corrected chi connectivity index (χ2v) is 10.5. The van der Waals surface area contributed by atoms with E-state index in [4.69, 9.17) is 4.42 Å². The average molecular weight is 463 g/mol. The van der Waals surface area contributed by atoms with E-state index in [2.05, 4.69) is 5.32 Å². The molecule has 2 heterocycles. The van der Waals surface area contributed by atoms with Gasteiger partial charge in [0.25, 0.3) is 5.91 Å². The Morgan fingerprint density at radius 2 is 1.75 bits per heavy atom. The van der Waals surface area contributed by atoms with E-state index in [1.807, 2.05) is 13.8 Å². The van der Waals surface area contributed by atoms with Gasteiger partial charge in [-0.25, -0.2) is 17.2 Å². The Balaban J connectivity index is 1.65. The summed E-state index contributed by atoms with van der Waals surface area (Å²) in [4.78, 5) is 12.8. The van der Waals surface area contributed by atoms with Crippen molar-refractivity contribution in [3.8, 4) is 0 Å². The van der Waals surface area contributed by atoms with Crippen LogP contribution in [-0.2, 0) is 10.0 Å². The van der Waals surface area contributed by atoms with Crippen molar-refractivity contribution >= 4 is 32.6 Å². The van der Waals surface area contributed by atoms with E-state index in [9.17, 15) is 22.0 Å². The molecule has 2 aromatic carbocycles. The van der Waals surface area contributed by atoms with Crippen LogP contribution in [0.15, 0.2) is 45.7 Å². The molecule has 1 amide bonds. The molecule has 4 rings (SSSR count). The molecule has 0 radical (unpaired) electrons. The summed E-state index contributed by atoms with van der Waals surface area (Å²) in [5.74, 6) is -2.22. The predicted octanol–water partition coefficient (Wildman–Crippen LogP) is 4.94. The molecule has 0 bridgehead atoms. The first-order chi connectivity index (χ1) is 15.1. The molecule has 1 aromatic heterocycles. The fourth-order valence-electron chi connectivity index (χ4n) is 4.29. The van der Waals surface area contributed by atoms with Crippen LogP contribution >= 0.6 is 0 Å². The number of piperidine rings is 1. The highest BCUT2D eigenvalue weighted by atomic mass is 32.2. The largest absolute Gasteiger partial charge is 0.451 e. The molecule has 1 saturated heterocycles. The number of furan rings is 1. The minimum atomic E-state index is -3.69. The number of anilines is 1. The fraction of sp³-hybridized carbons (Fsp3) is 0.348. The molecule has 3 aromatic rings. The minimum absolute atomic E-state index is 0.0282. The van der Waals surface area contributed by atoms with Crippen LogP contribution in [0.5, 0.6) is 0 Å². The monoisotopic (exact) mass is 462 g/mol. The van der Waals surface area contributed by atoms with Crippen molar-refractivity contribution in [1.29, 1.82) is 0 Å². The Kier molecular flexibility index (Phi) is 5.81. The van der Waals surface area contributed by atoms with Crippen molar-refractivity contribution in [2.24, 2.45) is 11.8 Å². The lowest BCUT2D eigenvalue weighted by Crippen LogP contribution is -2.42. The number of amides is 1. The van der Waals surface area contributed by atoms with Gasteiger partial charge in [-0.3, -0.25) is 4.79 Å². The molecule has 1 N–H and O–H groups in total. The second-order valence-electron chi connectivity index (χ2n) is 8.57. The summed E-state index contributed by atoms with van der Waals surface area (Å²) in [6.07, 6.45) is 0.988. The zero-order valence-electron chi connectivity index (χ0n) is 18.0. The third-order valence-electron chi connectivity index (χ3n) is 5.76. The molecule has 32 heavy (non-hydrogen) atoms. The first kappa shape index (κ1) is 22.4. The third-order valence-corrected chi connectivity index (χ3v) is 7.59. The second kappa shape index (κ2) is 8.29. The highest BCUT2D eigenvalue weighted by molar-refractivity contribution is 7.89. The van der Waals surface area contributed by atoms with Crippen molar-refractivity contribution in [3.05, 3.63) is 59.4 Å². The highest BCUT2D eigenvalue weighted by Gasteiger charge is 2.32. The summed E-state index contributed by atoms with van der Waals surface area (Å²) >= 11 is 0. The zero-order valence-corrected chi connectivity index (χ0v) is 18.8. The molecule has 9 heteroatoms. The maximum Gasteiger partial charge on any atom is 0.291 e. The number of nitrogens with zero attached hydrogens (tertiary/aromatic N) is 1. The lowest BCUT2D eigenvalue weighted by Gasteiger charge is -2.34.